The Kier molecular flexibility index (Phi) is 6.49. The van der Waals surface area contributed by atoms with Crippen LogP contribution in [0.15, 0.2) is 5.38 Å². The van der Waals surface area contributed by atoms with E-state index >= 15 is 0 Å². The molecule has 6 heteroatoms. The first-order valence-electron chi connectivity index (χ1n) is 6.38. The van der Waals surface area contributed by atoms with E-state index in [1.165, 1.54) is 18.4 Å². The van der Waals surface area contributed by atoms with Gasteiger partial charge in [-0.15, -0.1) is 11.3 Å². The van der Waals surface area contributed by atoms with E-state index in [1.807, 2.05) is 19.2 Å². The molecule has 0 radical (unpaired) electrons. The molecule has 1 amide bonds. The molecule has 5 nitrogen and oxygen atoms in total. The van der Waals surface area contributed by atoms with Gasteiger partial charge in [-0.3, -0.25) is 9.59 Å². The highest BCUT2D eigenvalue weighted by atomic mass is 32.1. The Balaban J connectivity index is 2.40. The van der Waals surface area contributed by atoms with Crippen molar-refractivity contribution < 1.29 is 14.3 Å². The molecule has 106 valence electrons. The number of thiazole rings is 1. The van der Waals surface area contributed by atoms with Gasteiger partial charge in [0.2, 0.25) is 5.91 Å². The van der Waals surface area contributed by atoms with Gasteiger partial charge in [-0.2, -0.15) is 0 Å². The first-order chi connectivity index (χ1) is 9.06. The summed E-state index contributed by atoms with van der Waals surface area (Å²) < 4.78 is 4.57. The van der Waals surface area contributed by atoms with Crippen LogP contribution < -0.4 is 5.32 Å². The lowest BCUT2D eigenvalue weighted by atomic mass is 10.1. The molecule has 0 bridgehead atoms. The maximum Gasteiger partial charge on any atom is 0.305 e. The molecule has 1 rings (SSSR count). The maximum atomic E-state index is 11.7. The largest absolute Gasteiger partial charge is 0.469 e. The molecule has 1 N–H and O–H groups in total. The van der Waals surface area contributed by atoms with E-state index < -0.39 is 0 Å². The summed E-state index contributed by atoms with van der Waals surface area (Å²) in [4.78, 5) is 27.0. The van der Waals surface area contributed by atoms with Crippen molar-refractivity contribution in [2.24, 2.45) is 5.92 Å². The van der Waals surface area contributed by atoms with Crippen LogP contribution in [0.4, 0.5) is 5.13 Å². The lowest BCUT2D eigenvalue weighted by Crippen LogP contribution is -2.19. The van der Waals surface area contributed by atoms with Crippen molar-refractivity contribution in [1.29, 1.82) is 0 Å². The lowest BCUT2D eigenvalue weighted by molar-refractivity contribution is -0.140. The summed E-state index contributed by atoms with van der Waals surface area (Å²) in [6, 6.07) is 0. The van der Waals surface area contributed by atoms with E-state index in [4.69, 9.17) is 0 Å². The van der Waals surface area contributed by atoms with Crippen molar-refractivity contribution in [3.05, 3.63) is 11.1 Å². The first-order valence-corrected chi connectivity index (χ1v) is 7.26. The SMILES string of the molecule is CCC(C)C(=O)Nc1nc(CCCC(=O)OC)cs1. The molecule has 0 aliphatic carbocycles. The summed E-state index contributed by atoms with van der Waals surface area (Å²) in [6.07, 6.45) is 2.62. The zero-order valence-electron chi connectivity index (χ0n) is 11.6. The Morgan fingerprint density at radius 3 is 2.89 bits per heavy atom. The van der Waals surface area contributed by atoms with Crippen LogP contribution >= 0.6 is 11.3 Å². The zero-order chi connectivity index (χ0) is 14.3. The molecule has 0 aliphatic heterocycles. The fourth-order valence-corrected chi connectivity index (χ4v) is 2.16. The number of nitrogens with one attached hydrogen (secondary N) is 1. The van der Waals surface area contributed by atoms with Crippen LogP contribution in [0.25, 0.3) is 0 Å². The highest BCUT2D eigenvalue weighted by Crippen LogP contribution is 2.18. The van der Waals surface area contributed by atoms with E-state index in [2.05, 4.69) is 15.0 Å². The highest BCUT2D eigenvalue weighted by Gasteiger charge is 2.12. The van der Waals surface area contributed by atoms with Gasteiger partial charge in [-0.25, -0.2) is 4.98 Å². The van der Waals surface area contributed by atoms with Crippen LogP contribution in [0.1, 0.15) is 38.8 Å². The third-order valence-corrected chi connectivity index (χ3v) is 3.69. The van der Waals surface area contributed by atoms with Gasteiger partial charge in [0.25, 0.3) is 0 Å². The quantitative estimate of drug-likeness (QED) is 0.781. The van der Waals surface area contributed by atoms with Crippen molar-refractivity contribution in [1.82, 2.24) is 4.98 Å². The van der Waals surface area contributed by atoms with E-state index in [0.717, 1.165) is 12.1 Å². The van der Waals surface area contributed by atoms with Crippen molar-refractivity contribution >= 4 is 28.3 Å². The second-order valence-electron chi connectivity index (χ2n) is 4.37. The number of rotatable bonds is 7. The number of esters is 1. The van der Waals surface area contributed by atoms with Crippen molar-refractivity contribution in [2.45, 2.75) is 39.5 Å². The third kappa shape index (κ3) is 5.38. The normalized spacial score (nSPS) is 11.9. The van der Waals surface area contributed by atoms with Crippen LogP contribution in [-0.4, -0.2) is 24.0 Å². The molecular formula is C13H20N2O3S. The number of aryl methyl sites for hydroxylation is 1. The van der Waals surface area contributed by atoms with E-state index in [0.29, 0.717) is 24.4 Å². The van der Waals surface area contributed by atoms with Gasteiger partial charge < -0.3 is 10.1 Å². The number of ether oxygens (including phenoxy) is 1. The van der Waals surface area contributed by atoms with Gasteiger partial charge in [-0.1, -0.05) is 13.8 Å². The minimum Gasteiger partial charge on any atom is -0.469 e. The standard InChI is InChI=1S/C13H20N2O3S/c1-4-9(2)12(17)15-13-14-10(8-19-13)6-5-7-11(16)18-3/h8-9H,4-7H2,1-3H3,(H,14,15,17). The summed E-state index contributed by atoms with van der Waals surface area (Å²) >= 11 is 1.41. The van der Waals surface area contributed by atoms with Gasteiger partial charge in [0, 0.05) is 17.7 Å². The van der Waals surface area contributed by atoms with Gasteiger partial charge in [0.05, 0.1) is 12.8 Å². The summed E-state index contributed by atoms with van der Waals surface area (Å²) in [5.41, 5.74) is 0.897. The number of methoxy groups -OCH3 is 1. The number of amides is 1. The molecule has 19 heavy (non-hydrogen) atoms. The topological polar surface area (TPSA) is 68.3 Å². The average molecular weight is 284 g/mol. The van der Waals surface area contributed by atoms with Crippen molar-refractivity contribution in [2.75, 3.05) is 12.4 Å². The maximum absolute atomic E-state index is 11.7. The number of carbonyl (C=O) groups is 2. The molecule has 1 atom stereocenters. The summed E-state index contributed by atoms with van der Waals surface area (Å²) in [6.45, 7) is 3.87. The molecule has 1 aromatic heterocycles. The second kappa shape index (κ2) is 7.89. The Hall–Kier alpha value is -1.43. The zero-order valence-corrected chi connectivity index (χ0v) is 12.4. The van der Waals surface area contributed by atoms with Gasteiger partial charge in [0.1, 0.15) is 0 Å². The molecule has 0 fully saturated rings. The minimum absolute atomic E-state index is 0.00189. The molecular weight excluding hydrogens is 264 g/mol. The Bertz CT molecular complexity index is 431. The summed E-state index contributed by atoms with van der Waals surface area (Å²) in [5, 5.41) is 5.33. The van der Waals surface area contributed by atoms with Gasteiger partial charge in [0.15, 0.2) is 5.13 Å². The lowest BCUT2D eigenvalue weighted by Gasteiger charge is -2.06. The number of hydrogen-bond donors (Lipinski definition) is 1. The van der Waals surface area contributed by atoms with Gasteiger partial charge in [-0.05, 0) is 19.3 Å². The summed E-state index contributed by atoms with van der Waals surface area (Å²) in [5.74, 6) is -0.217. The average Bonchev–Trinajstić information content (AvgIpc) is 2.84. The smallest absolute Gasteiger partial charge is 0.305 e. The van der Waals surface area contributed by atoms with Crippen molar-refractivity contribution in [3.8, 4) is 0 Å². The summed E-state index contributed by atoms with van der Waals surface area (Å²) in [7, 11) is 1.38. The van der Waals surface area contributed by atoms with Crippen LogP contribution in [0, 0.1) is 5.92 Å². The fourth-order valence-electron chi connectivity index (χ4n) is 1.41. The van der Waals surface area contributed by atoms with Crippen LogP contribution in [-0.2, 0) is 20.7 Å². The second-order valence-corrected chi connectivity index (χ2v) is 5.23. The highest BCUT2D eigenvalue weighted by molar-refractivity contribution is 7.13. The first kappa shape index (κ1) is 15.6. The number of carbonyl (C=O) groups excluding carboxylic acids is 2. The number of aromatic nitrogens is 1. The van der Waals surface area contributed by atoms with Crippen molar-refractivity contribution in [3.63, 3.8) is 0 Å². The van der Waals surface area contributed by atoms with E-state index in [-0.39, 0.29) is 17.8 Å². The Labute approximate surface area is 117 Å². The molecule has 0 aliphatic rings. The Morgan fingerprint density at radius 1 is 1.53 bits per heavy atom. The van der Waals surface area contributed by atoms with Crippen LogP contribution in [0.3, 0.4) is 0 Å². The molecule has 0 aromatic carbocycles. The molecule has 0 saturated heterocycles. The van der Waals surface area contributed by atoms with E-state index in [1.54, 1.807) is 0 Å². The third-order valence-electron chi connectivity index (χ3n) is 2.88. The van der Waals surface area contributed by atoms with Crippen LogP contribution in [0.2, 0.25) is 0 Å². The van der Waals surface area contributed by atoms with Gasteiger partial charge >= 0.3 is 5.97 Å². The van der Waals surface area contributed by atoms with E-state index in [9.17, 15) is 9.59 Å². The molecule has 1 unspecified atom stereocenters. The predicted octanol–water partition coefficient (Wildman–Crippen LogP) is 2.62. The predicted molar refractivity (Wildman–Crippen MR) is 75.2 cm³/mol. The molecule has 0 saturated carbocycles. The number of anilines is 1. The molecule has 1 heterocycles. The Morgan fingerprint density at radius 2 is 2.26 bits per heavy atom. The fraction of sp³-hybridized carbons (Fsp3) is 0.615. The van der Waals surface area contributed by atoms with Crippen LogP contribution in [0.5, 0.6) is 0 Å². The monoisotopic (exact) mass is 284 g/mol. The number of hydrogen-bond acceptors (Lipinski definition) is 5. The number of nitrogens with zero attached hydrogens (tertiary/aromatic N) is 1. The molecule has 0 spiro atoms. The minimum atomic E-state index is -0.208. The molecule has 1 aromatic rings.